The van der Waals surface area contributed by atoms with Gasteiger partial charge >= 0.3 is 12.1 Å². The van der Waals surface area contributed by atoms with Crippen molar-refractivity contribution in [3.63, 3.8) is 0 Å². The van der Waals surface area contributed by atoms with E-state index in [9.17, 15) is 9.59 Å². The highest BCUT2D eigenvalue weighted by atomic mass is 16.7. The summed E-state index contributed by atoms with van der Waals surface area (Å²) in [6.45, 7) is 0. The zero-order valence-electron chi connectivity index (χ0n) is 4.27. The second-order valence-electron chi connectivity index (χ2n) is 1.02. The van der Waals surface area contributed by atoms with Crippen LogP contribution < -0.4 is 0 Å². The molecule has 0 aromatic rings. The third kappa shape index (κ3) is 6.48. The number of hydrogen-bond acceptors (Lipinski definition) is 3. The number of rotatable bonds is 2. The van der Waals surface area contributed by atoms with E-state index < -0.39 is 12.1 Å². The topological polar surface area (TPSA) is 83.8 Å². The van der Waals surface area contributed by atoms with Gasteiger partial charge in [-0.25, -0.2) is 9.59 Å². The van der Waals surface area contributed by atoms with Crippen molar-refractivity contribution in [1.82, 2.24) is 0 Å². The van der Waals surface area contributed by atoms with Crippen LogP contribution in [0.1, 0.15) is 0 Å². The van der Waals surface area contributed by atoms with E-state index in [1.165, 1.54) is 0 Å². The van der Waals surface area contributed by atoms with Crippen LogP contribution in [-0.2, 0) is 9.53 Å². The molecule has 0 aliphatic rings. The first-order chi connectivity index (χ1) is 4.13. The Morgan fingerprint density at radius 3 is 2.22 bits per heavy atom. The average molecular weight is 132 g/mol. The summed E-state index contributed by atoms with van der Waals surface area (Å²) < 4.78 is 3.71. The summed E-state index contributed by atoms with van der Waals surface area (Å²) in [7, 11) is 0. The summed E-state index contributed by atoms with van der Waals surface area (Å²) in [5.41, 5.74) is 0. The van der Waals surface area contributed by atoms with Crippen molar-refractivity contribution in [2.45, 2.75) is 0 Å². The van der Waals surface area contributed by atoms with Crippen LogP contribution in [0.15, 0.2) is 12.3 Å². The fourth-order valence-corrected chi connectivity index (χ4v) is 0.150. The van der Waals surface area contributed by atoms with Gasteiger partial charge in [-0.15, -0.1) is 0 Å². The van der Waals surface area contributed by atoms with Gasteiger partial charge in [-0.2, -0.15) is 0 Å². The van der Waals surface area contributed by atoms with E-state index >= 15 is 0 Å². The molecular formula is C4H4O5. The molecule has 0 unspecified atom stereocenters. The zero-order chi connectivity index (χ0) is 7.28. The molecule has 50 valence electrons. The highest BCUT2D eigenvalue weighted by Crippen LogP contribution is 1.77. The van der Waals surface area contributed by atoms with Gasteiger partial charge in [-0.3, -0.25) is 0 Å². The van der Waals surface area contributed by atoms with Gasteiger partial charge in [-0.05, 0) is 0 Å². The molecule has 0 amide bonds. The van der Waals surface area contributed by atoms with Crippen molar-refractivity contribution in [2.24, 2.45) is 0 Å². The number of carboxylic acid groups (broad SMARTS) is 2. The van der Waals surface area contributed by atoms with Crippen LogP contribution in [0.25, 0.3) is 0 Å². The lowest BCUT2D eigenvalue weighted by atomic mass is 10.6. The SMILES string of the molecule is O=C(O)C=COC(=O)O. The first-order valence-electron chi connectivity index (χ1n) is 1.92. The Kier molecular flexibility index (Phi) is 2.89. The lowest BCUT2D eigenvalue weighted by Gasteiger charge is -1.84. The van der Waals surface area contributed by atoms with E-state index in [2.05, 4.69) is 4.74 Å². The molecule has 0 spiro atoms. The van der Waals surface area contributed by atoms with E-state index in [1.54, 1.807) is 0 Å². The first-order valence-corrected chi connectivity index (χ1v) is 1.92. The number of aliphatic carboxylic acids is 1. The predicted molar refractivity (Wildman–Crippen MR) is 25.9 cm³/mol. The molecule has 0 saturated carbocycles. The average Bonchev–Trinajstić information content (AvgIpc) is 1.63. The van der Waals surface area contributed by atoms with Crippen molar-refractivity contribution < 1.29 is 24.5 Å². The van der Waals surface area contributed by atoms with Crippen molar-refractivity contribution in [2.75, 3.05) is 0 Å². The second-order valence-corrected chi connectivity index (χ2v) is 1.02. The molecule has 9 heavy (non-hydrogen) atoms. The van der Waals surface area contributed by atoms with Gasteiger partial charge in [0.15, 0.2) is 0 Å². The molecule has 5 nitrogen and oxygen atoms in total. The number of carboxylic acids is 1. The number of ether oxygens (including phenoxy) is 1. The molecule has 2 N–H and O–H groups in total. The maximum absolute atomic E-state index is 9.62. The van der Waals surface area contributed by atoms with Gasteiger partial charge in [0.2, 0.25) is 0 Å². The standard InChI is InChI=1S/C4H4O5/c5-3(6)1-2-9-4(7)8/h1-2H,(H,5,6)(H,7,8). The molecule has 0 saturated heterocycles. The smallest absolute Gasteiger partial charge is 0.478 e. The Morgan fingerprint density at radius 2 is 1.89 bits per heavy atom. The molecule has 0 aliphatic heterocycles. The predicted octanol–water partition coefficient (Wildman–Crippen LogP) is 0.279. The maximum Gasteiger partial charge on any atom is 0.510 e. The molecule has 0 heterocycles. The summed E-state index contributed by atoms with van der Waals surface area (Å²) in [4.78, 5) is 19.1. The fourth-order valence-electron chi connectivity index (χ4n) is 0.150. The molecule has 0 aliphatic carbocycles. The lowest BCUT2D eigenvalue weighted by molar-refractivity contribution is -0.131. The van der Waals surface area contributed by atoms with Gasteiger partial charge in [0.05, 0.1) is 6.08 Å². The van der Waals surface area contributed by atoms with Crippen molar-refractivity contribution in [3.8, 4) is 0 Å². The van der Waals surface area contributed by atoms with E-state index in [0.29, 0.717) is 12.3 Å². The Bertz CT molecular complexity index is 147. The van der Waals surface area contributed by atoms with Crippen molar-refractivity contribution in [1.29, 1.82) is 0 Å². The third-order valence-corrected chi connectivity index (χ3v) is 0.379. The molecular weight excluding hydrogens is 128 g/mol. The summed E-state index contributed by atoms with van der Waals surface area (Å²) >= 11 is 0. The monoisotopic (exact) mass is 132 g/mol. The van der Waals surface area contributed by atoms with Crippen LogP contribution >= 0.6 is 0 Å². The highest BCUT2D eigenvalue weighted by Gasteiger charge is 1.90. The normalized spacial score (nSPS) is 9.33. The van der Waals surface area contributed by atoms with Gasteiger partial charge in [-0.1, -0.05) is 0 Å². The van der Waals surface area contributed by atoms with Crippen LogP contribution in [-0.4, -0.2) is 22.3 Å². The minimum absolute atomic E-state index is 0.574. The Morgan fingerprint density at radius 1 is 1.33 bits per heavy atom. The van der Waals surface area contributed by atoms with E-state index in [1.807, 2.05) is 0 Å². The van der Waals surface area contributed by atoms with E-state index in [-0.39, 0.29) is 0 Å². The van der Waals surface area contributed by atoms with Crippen LogP contribution in [0.3, 0.4) is 0 Å². The third-order valence-electron chi connectivity index (χ3n) is 0.379. The minimum Gasteiger partial charge on any atom is -0.478 e. The van der Waals surface area contributed by atoms with Gasteiger partial charge in [0, 0.05) is 0 Å². The molecule has 0 radical (unpaired) electrons. The molecule has 0 aromatic heterocycles. The molecule has 0 fully saturated rings. The minimum atomic E-state index is -1.53. The molecule has 0 aromatic carbocycles. The van der Waals surface area contributed by atoms with Crippen molar-refractivity contribution >= 4 is 12.1 Å². The summed E-state index contributed by atoms with van der Waals surface area (Å²) in [6.07, 6.45) is -0.383. The zero-order valence-corrected chi connectivity index (χ0v) is 4.27. The number of hydrogen-bond donors (Lipinski definition) is 2. The van der Waals surface area contributed by atoms with Crippen molar-refractivity contribution in [3.05, 3.63) is 12.3 Å². The van der Waals surface area contributed by atoms with Crippen LogP contribution in [0.5, 0.6) is 0 Å². The molecule has 5 heteroatoms. The molecule has 0 rings (SSSR count). The Hall–Kier alpha value is -1.52. The maximum atomic E-state index is 9.62. The Balaban J connectivity index is 3.48. The summed E-state index contributed by atoms with van der Waals surface area (Å²) in [6, 6.07) is 0. The van der Waals surface area contributed by atoms with Gasteiger partial charge < -0.3 is 14.9 Å². The fraction of sp³-hybridized carbons (Fsp3) is 0. The highest BCUT2D eigenvalue weighted by molar-refractivity contribution is 5.79. The molecule has 0 bridgehead atoms. The van der Waals surface area contributed by atoms with Crippen LogP contribution in [0, 0.1) is 0 Å². The first kappa shape index (κ1) is 7.48. The van der Waals surface area contributed by atoms with E-state index in [4.69, 9.17) is 10.2 Å². The largest absolute Gasteiger partial charge is 0.510 e. The number of carbonyl (C=O) groups is 2. The molecule has 0 atom stereocenters. The van der Waals surface area contributed by atoms with Crippen LogP contribution in [0.4, 0.5) is 4.79 Å². The summed E-state index contributed by atoms with van der Waals surface area (Å²) in [5.74, 6) is -1.25. The van der Waals surface area contributed by atoms with E-state index in [0.717, 1.165) is 0 Å². The quantitative estimate of drug-likeness (QED) is 0.320. The van der Waals surface area contributed by atoms with Crippen LogP contribution in [0.2, 0.25) is 0 Å². The lowest BCUT2D eigenvalue weighted by Crippen LogP contribution is -1.94. The van der Waals surface area contributed by atoms with Gasteiger partial charge in [0.1, 0.15) is 6.26 Å². The summed E-state index contributed by atoms with van der Waals surface area (Å²) in [5, 5.41) is 15.6. The Labute approximate surface area is 50.2 Å². The second kappa shape index (κ2) is 3.48. The van der Waals surface area contributed by atoms with Gasteiger partial charge in [0.25, 0.3) is 0 Å².